The van der Waals surface area contributed by atoms with Gasteiger partial charge in [0.05, 0.1) is 6.61 Å². The molecule has 1 saturated heterocycles. The number of benzene rings is 1. The van der Waals surface area contributed by atoms with Gasteiger partial charge in [-0.25, -0.2) is 0 Å². The summed E-state index contributed by atoms with van der Waals surface area (Å²) in [6.07, 6.45) is 2.22. The van der Waals surface area contributed by atoms with Gasteiger partial charge in [0, 0.05) is 29.7 Å². The summed E-state index contributed by atoms with van der Waals surface area (Å²) < 4.78 is 0. The van der Waals surface area contributed by atoms with Gasteiger partial charge >= 0.3 is 0 Å². The maximum atomic E-state index is 12.4. The van der Waals surface area contributed by atoms with Crippen LogP contribution in [0.3, 0.4) is 0 Å². The molecule has 1 amide bonds. The van der Waals surface area contributed by atoms with Crippen molar-refractivity contribution in [2.75, 3.05) is 26.2 Å². The van der Waals surface area contributed by atoms with Crippen molar-refractivity contribution in [1.29, 1.82) is 0 Å². The Morgan fingerprint density at radius 1 is 1.53 bits per heavy atom. The van der Waals surface area contributed by atoms with Gasteiger partial charge in [0.25, 0.3) is 5.91 Å². The average Bonchev–Trinajstić information content (AvgIpc) is 2.90. The van der Waals surface area contributed by atoms with Gasteiger partial charge in [0.2, 0.25) is 0 Å². The van der Waals surface area contributed by atoms with Crippen LogP contribution in [0.2, 0.25) is 5.02 Å². The van der Waals surface area contributed by atoms with E-state index in [1.54, 1.807) is 29.2 Å². The molecule has 1 aromatic rings. The van der Waals surface area contributed by atoms with E-state index in [9.17, 15) is 4.79 Å². The molecule has 1 aliphatic heterocycles. The Hall–Kier alpha value is -1.10. The van der Waals surface area contributed by atoms with Crippen LogP contribution in [0.5, 0.6) is 0 Å². The zero-order chi connectivity index (χ0) is 13.7. The molecule has 1 aliphatic rings. The first-order valence-electron chi connectivity index (χ1n) is 6.60. The monoisotopic (exact) mass is 282 g/mol. The van der Waals surface area contributed by atoms with E-state index in [2.05, 4.69) is 5.32 Å². The second-order valence-corrected chi connectivity index (χ2v) is 5.21. The number of rotatable bonds is 5. The molecule has 0 aliphatic carbocycles. The van der Waals surface area contributed by atoms with Crippen LogP contribution in [0.4, 0.5) is 0 Å². The highest BCUT2D eigenvalue weighted by atomic mass is 35.5. The number of aliphatic hydroxyl groups is 1. The van der Waals surface area contributed by atoms with Gasteiger partial charge in [-0.1, -0.05) is 17.7 Å². The highest BCUT2D eigenvalue weighted by Crippen LogP contribution is 2.14. The van der Waals surface area contributed by atoms with E-state index in [-0.39, 0.29) is 12.5 Å². The average molecular weight is 283 g/mol. The molecule has 0 radical (unpaired) electrons. The summed E-state index contributed by atoms with van der Waals surface area (Å²) in [5.74, 6) is -0.0785. The van der Waals surface area contributed by atoms with E-state index in [1.165, 1.54) is 0 Å². The van der Waals surface area contributed by atoms with Crippen LogP contribution < -0.4 is 5.32 Å². The Morgan fingerprint density at radius 2 is 2.37 bits per heavy atom. The number of hydrogen-bond acceptors (Lipinski definition) is 3. The van der Waals surface area contributed by atoms with Gasteiger partial charge in [0.15, 0.2) is 0 Å². The summed E-state index contributed by atoms with van der Waals surface area (Å²) in [4.78, 5) is 14.1. The summed E-state index contributed by atoms with van der Waals surface area (Å²) in [7, 11) is 0. The lowest BCUT2D eigenvalue weighted by molar-refractivity contribution is 0.0706. The van der Waals surface area contributed by atoms with Crippen molar-refractivity contribution in [3.63, 3.8) is 0 Å². The predicted octanol–water partition coefficient (Wildman–Crippen LogP) is 1.53. The summed E-state index contributed by atoms with van der Waals surface area (Å²) in [5, 5.41) is 13.0. The number of carbonyl (C=O) groups is 1. The zero-order valence-corrected chi connectivity index (χ0v) is 11.6. The molecule has 0 bridgehead atoms. The molecule has 104 valence electrons. The highest BCUT2D eigenvalue weighted by Gasteiger charge is 2.22. The molecule has 0 aromatic heterocycles. The first-order valence-corrected chi connectivity index (χ1v) is 6.97. The van der Waals surface area contributed by atoms with Gasteiger partial charge < -0.3 is 15.3 Å². The molecule has 0 spiro atoms. The normalized spacial score (nSPS) is 18.5. The molecule has 2 rings (SSSR count). The van der Waals surface area contributed by atoms with Crippen molar-refractivity contribution in [2.24, 2.45) is 0 Å². The second kappa shape index (κ2) is 6.89. The molecule has 19 heavy (non-hydrogen) atoms. The molecule has 1 fully saturated rings. The summed E-state index contributed by atoms with van der Waals surface area (Å²) in [6.45, 7) is 1.96. The lowest BCUT2D eigenvalue weighted by atomic mass is 10.1. The van der Waals surface area contributed by atoms with Crippen LogP contribution in [0.1, 0.15) is 23.2 Å². The third-order valence-electron chi connectivity index (χ3n) is 3.33. The van der Waals surface area contributed by atoms with Crippen molar-refractivity contribution in [1.82, 2.24) is 10.2 Å². The SMILES string of the molecule is O=C(c1cccc(Cl)c1)N(CCO)CC1CCCN1. The number of nitrogens with one attached hydrogen (secondary N) is 1. The van der Waals surface area contributed by atoms with Gasteiger partial charge in [0.1, 0.15) is 0 Å². The highest BCUT2D eigenvalue weighted by molar-refractivity contribution is 6.30. The molecule has 5 heteroatoms. The Labute approximate surface area is 118 Å². The molecular formula is C14H19ClN2O2. The maximum absolute atomic E-state index is 12.4. The molecule has 1 atom stereocenters. The second-order valence-electron chi connectivity index (χ2n) is 4.78. The molecule has 1 aromatic carbocycles. The predicted molar refractivity (Wildman–Crippen MR) is 75.5 cm³/mol. The van der Waals surface area contributed by atoms with Crippen LogP contribution in [0.15, 0.2) is 24.3 Å². The fourth-order valence-electron chi connectivity index (χ4n) is 2.38. The smallest absolute Gasteiger partial charge is 0.254 e. The Balaban J connectivity index is 2.06. The minimum atomic E-state index is -0.0785. The lowest BCUT2D eigenvalue weighted by Crippen LogP contribution is -2.42. The number of aliphatic hydroxyl groups excluding tert-OH is 1. The zero-order valence-electron chi connectivity index (χ0n) is 10.8. The largest absolute Gasteiger partial charge is 0.395 e. The van der Waals surface area contributed by atoms with Crippen LogP contribution in [-0.4, -0.2) is 48.2 Å². The number of nitrogens with zero attached hydrogens (tertiary/aromatic N) is 1. The van der Waals surface area contributed by atoms with Gasteiger partial charge in [-0.05, 0) is 37.6 Å². The van der Waals surface area contributed by atoms with Gasteiger partial charge in [-0.2, -0.15) is 0 Å². The minimum Gasteiger partial charge on any atom is -0.395 e. The Kier molecular flexibility index (Phi) is 5.19. The fourth-order valence-corrected chi connectivity index (χ4v) is 2.57. The minimum absolute atomic E-state index is 0.0287. The van der Waals surface area contributed by atoms with E-state index in [1.807, 2.05) is 0 Å². The molecule has 4 nitrogen and oxygen atoms in total. The molecule has 1 unspecified atom stereocenters. The van der Waals surface area contributed by atoms with E-state index in [4.69, 9.17) is 16.7 Å². The van der Waals surface area contributed by atoms with Crippen molar-refractivity contribution in [3.05, 3.63) is 34.9 Å². The summed E-state index contributed by atoms with van der Waals surface area (Å²) in [5.41, 5.74) is 0.568. The van der Waals surface area contributed by atoms with Crippen molar-refractivity contribution < 1.29 is 9.90 Å². The molecular weight excluding hydrogens is 264 g/mol. The topological polar surface area (TPSA) is 52.6 Å². The lowest BCUT2D eigenvalue weighted by Gasteiger charge is -2.25. The molecule has 2 N–H and O–H groups in total. The van der Waals surface area contributed by atoms with E-state index in [0.717, 1.165) is 19.4 Å². The quantitative estimate of drug-likeness (QED) is 0.861. The molecule has 1 heterocycles. The number of carbonyl (C=O) groups excluding carboxylic acids is 1. The summed E-state index contributed by atoms with van der Waals surface area (Å²) in [6, 6.07) is 7.25. The Bertz CT molecular complexity index is 433. The first kappa shape index (κ1) is 14.3. The van der Waals surface area contributed by atoms with Crippen molar-refractivity contribution in [3.8, 4) is 0 Å². The standard InChI is InChI=1S/C14H19ClN2O2/c15-12-4-1-3-11(9-12)14(19)17(7-8-18)10-13-5-2-6-16-13/h1,3-4,9,13,16,18H,2,5-8,10H2. The third kappa shape index (κ3) is 3.93. The maximum Gasteiger partial charge on any atom is 0.254 e. The number of halogens is 1. The fraction of sp³-hybridized carbons (Fsp3) is 0.500. The van der Waals surface area contributed by atoms with E-state index in [0.29, 0.717) is 29.7 Å². The van der Waals surface area contributed by atoms with Crippen molar-refractivity contribution in [2.45, 2.75) is 18.9 Å². The van der Waals surface area contributed by atoms with E-state index >= 15 is 0 Å². The van der Waals surface area contributed by atoms with E-state index < -0.39 is 0 Å². The third-order valence-corrected chi connectivity index (χ3v) is 3.57. The Morgan fingerprint density at radius 3 is 3.00 bits per heavy atom. The van der Waals surface area contributed by atoms with Gasteiger partial charge in [-0.15, -0.1) is 0 Å². The molecule has 0 saturated carbocycles. The van der Waals surface area contributed by atoms with Gasteiger partial charge in [-0.3, -0.25) is 4.79 Å². The first-order chi connectivity index (χ1) is 9.20. The number of hydrogen-bond donors (Lipinski definition) is 2. The van der Waals surface area contributed by atoms with Crippen LogP contribution in [0, 0.1) is 0 Å². The number of amides is 1. The van der Waals surface area contributed by atoms with Crippen LogP contribution in [0.25, 0.3) is 0 Å². The summed E-state index contributed by atoms with van der Waals surface area (Å²) >= 11 is 5.91. The van der Waals surface area contributed by atoms with Crippen molar-refractivity contribution >= 4 is 17.5 Å². The van der Waals surface area contributed by atoms with Crippen LogP contribution in [-0.2, 0) is 0 Å². The van der Waals surface area contributed by atoms with Crippen LogP contribution >= 0.6 is 11.6 Å².